The van der Waals surface area contributed by atoms with Crippen LogP contribution in [0.25, 0.3) is 10.9 Å². The number of rotatable bonds is 7. The van der Waals surface area contributed by atoms with Gasteiger partial charge in [0.05, 0.1) is 29.2 Å². The standard InChI is InChI=1S/C19H20N4O5S3/c1-3-30(24,25)28-17-12-21-19(29-17)14-11-13-7-6-8-15(18(13)22-14)23(2)31(26,27)16-9-4-5-10-20-16/h4-11,17,22H,3,12H2,1-2H3. The number of thioether (sulfide) groups is 1. The van der Waals surface area contributed by atoms with E-state index in [0.717, 1.165) is 5.39 Å². The fraction of sp³-hybridized carbons (Fsp3) is 0.263. The minimum atomic E-state index is -3.85. The van der Waals surface area contributed by atoms with Gasteiger partial charge in [-0.1, -0.05) is 30.0 Å². The second-order valence-electron chi connectivity index (χ2n) is 6.70. The zero-order valence-electron chi connectivity index (χ0n) is 16.7. The van der Waals surface area contributed by atoms with Gasteiger partial charge in [0.2, 0.25) is 0 Å². The van der Waals surface area contributed by atoms with Gasteiger partial charge in [0.25, 0.3) is 20.1 Å². The van der Waals surface area contributed by atoms with Crippen molar-refractivity contribution in [2.24, 2.45) is 4.99 Å². The number of aromatic amines is 1. The first-order valence-electron chi connectivity index (χ1n) is 9.35. The van der Waals surface area contributed by atoms with Gasteiger partial charge in [0.1, 0.15) is 10.5 Å². The van der Waals surface area contributed by atoms with Crippen LogP contribution < -0.4 is 4.31 Å². The van der Waals surface area contributed by atoms with Gasteiger partial charge in [0.15, 0.2) is 5.03 Å². The lowest BCUT2D eigenvalue weighted by molar-refractivity contribution is 0.303. The van der Waals surface area contributed by atoms with Crippen molar-refractivity contribution in [1.29, 1.82) is 0 Å². The SMILES string of the molecule is CCS(=O)(=O)OC1CN=C(c2cc3cccc(N(C)S(=O)(=O)c4ccccn4)c3[nH]2)S1. The van der Waals surface area contributed by atoms with E-state index in [2.05, 4.69) is 15.0 Å². The molecule has 164 valence electrons. The van der Waals surface area contributed by atoms with Crippen molar-refractivity contribution in [3.05, 3.63) is 54.4 Å². The molecule has 2 aromatic heterocycles. The summed E-state index contributed by atoms with van der Waals surface area (Å²) in [6, 6.07) is 11.9. The summed E-state index contributed by atoms with van der Waals surface area (Å²) >= 11 is 1.21. The Morgan fingerprint density at radius 2 is 2.00 bits per heavy atom. The first-order chi connectivity index (χ1) is 14.7. The zero-order valence-corrected chi connectivity index (χ0v) is 19.2. The normalized spacial score (nSPS) is 17.1. The van der Waals surface area contributed by atoms with Gasteiger partial charge in [-0.25, -0.2) is 4.98 Å². The van der Waals surface area contributed by atoms with E-state index in [4.69, 9.17) is 4.18 Å². The molecule has 1 N–H and O–H groups in total. The van der Waals surface area contributed by atoms with E-state index >= 15 is 0 Å². The van der Waals surface area contributed by atoms with E-state index in [9.17, 15) is 16.8 Å². The van der Waals surface area contributed by atoms with E-state index in [1.807, 2.05) is 12.1 Å². The lowest BCUT2D eigenvalue weighted by Crippen LogP contribution is -2.27. The summed E-state index contributed by atoms with van der Waals surface area (Å²) in [5, 5.41) is 1.35. The maximum Gasteiger partial charge on any atom is 0.281 e. The maximum absolute atomic E-state index is 13.0. The number of hydrogen-bond acceptors (Lipinski definition) is 8. The van der Waals surface area contributed by atoms with Crippen LogP contribution in [0.5, 0.6) is 0 Å². The molecule has 0 saturated heterocycles. The highest BCUT2D eigenvalue weighted by Crippen LogP contribution is 2.33. The van der Waals surface area contributed by atoms with Crippen molar-refractivity contribution >= 4 is 53.5 Å². The van der Waals surface area contributed by atoms with Crippen molar-refractivity contribution in [2.75, 3.05) is 23.7 Å². The molecule has 0 bridgehead atoms. The monoisotopic (exact) mass is 480 g/mol. The van der Waals surface area contributed by atoms with Gasteiger partial charge in [-0.2, -0.15) is 16.8 Å². The van der Waals surface area contributed by atoms with Crippen LogP contribution in [0.1, 0.15) is 12.6 Å². The maximum atomic E-state index is 13.0. The molecule has 1 unspecified atom stereocenters. The molecule has 0 spiro atoms. The molecule has 31 heavy (non-hydrogen) atoms. The van der Waals surface area contributed by atoms with Crippen LogP contribution >= 0.6 is 11.8 Å². The van der Waals surface area contributed by atoms with Crippen molar-refractivity contribution in [2.45, 2.75) is 17.4 Å². The Kier molecular flexibility index (Phi) is 5.81. The van der Waals surface area contributed by atoms with Gasteiger partial charge >= 0.3 is 0 Å². The average Bonchev–Trinajstić information content (AvgIpc) is 3.40. The second kappa shape index (κ2) is 8.26. The highest BCUT2D eigenvalue weighted by molar-refractivity contribution is 8.15. The number of H-pyrrole nitrogens is 1. The van der Waals surface area contributed by atoms with Gasteiger partial charge < -0.3 is 4.98 Å². The third kappa shape index (κ3) is 4.33. The number of aliphatic imine (C=N–C) groups is 1. The smallest absolute Gasteiger partial charge is 0.281 e. The number of benzene rings is 1. The van der Waals surface area contributed by atoms with Crippen LogP contribution in [-0.4, -0.2) is 56.6 Å². The molecule has 0 radical (unpaired) electrons. The molecule has 3 heterocycles. The highest BCUT2D eigenvalue weighted by atomic mass is 32.2. The van der Waals surface area contributed by atoms with Crippen LogP contribution in [0, 0.1) is 0 Å². The summed E-state index contributed by atoms with van der Waals surface area (Å²) in [6.07, 6.45) is 1.43. The Hall–Kier alpha value is -2.41. The number of fused-ring (bicyclic) bond motifs is 1. The number of sulfonamides is 1. The summed E-state index contributed by atoms with van der Waals surface area (Å²) in [5.74, 6) is -0.105. The molecule has 1 aliphatic rings. The van der Waals surface area contributed by atoms with Crippen molar-refractivity contribution < 1.29 is 21.0 Å². The summed E-state index contributed by atoms with van der Waals surface area (Å²) < 4.78 is 55.7. The Morgan fingerprint density at radius 3 is 2.71 bits per heavy atom. The number of nitrogens with one attached hydrogen (secondary N) is 1. The van der Waals surface area contributed by atoms with Gasteiger partial charge in [0, 0.05) is 18.6 Å². The van der Waals surface area contributed by atoms with Crippen molar-refractivity contribution in [3.63, 3.8) is 0 Å². The Labute approximate surface area is 184 Å². The molecule has 3 aromatic rings. The number of aromatic nitrogens is 2. The summed E-state index contributed by atoms with van der Waals surface area (Å²) in [4.78, 5) is 11.6. The quantitative estimate of drug-likeness (QED) is 0.516. The number of pyridine rings is 1. The highest BCUT2D eigenvalue weighted by Gasteiger charge is 2.28. The van der Waals surface area contributed by atoms with Crippen molar-refractivity contribution in [3.8, 4) is 0 Å². The topological polar surface area (TPSA) is 122 Å². The van der Waals surface area contributed by atoms with Gasteiger partial charge in [-0.15, -0.1) is 0 Å². The molecule has 0 saturated carbocycles. The van der Waals surface area contributed by atoms with E-state index < -0.39 is 25.6 Å². The largest absolute Gasteiger partial charge is 0.351 e. The number of nitrogens with zero attached hydrogens (tertiary/aromatic N) is 3. The van der Waals surface area contributed by atoms with Gasteiger partial charge in [-0.3, -0.25) is 13.5 Å². The molecule has 1 aliphatic heterocycles. The number of hydrogen-bond donors (Lipinski definition) is 1. The van der Waals surface area contributed by atoms with Crippen LogP contribution in [0.3, 0.4) is 0 Å². The number of anilines is 1. The second-order valence-corrected chi connectivity index (χ2v) is 11.7. The zero-order chi connectivity index (χ0) is 22.2. The molecule has 0 amide bonds. The summed E-state index contributed by atoms with van der Waals surface area (Å²) in [6.45, 7) is 1.74. The van der Waals surface area contributed by atoms with Crippen LogP contribution in [0.2, 0.25) is 0 Å². The molecule has 4 rings (SSSR count). The first kappa shape index (κ1) is 21.8. The fourth-order valence-electron chi connectivity index (χ4n) is 3.07. The van der Waals surface area contributed by atoms with Crippen LogP contribution in [-0.2, 0) is 24.3 Å². The molecule has 1 atom stereocenters. The molecule has 0 fully saturated rings. The lowest BCUT2D eigenvalue weighted by Gasteiger charge is -2.19. The van der Waals surface area contributed by atoms with E-state index in [-0.39, 0.29) is 17.3 Å². The minimum Gasteiger partial charge on any atom is -0.351 e. The first-order valence-corrected chi connectivity index (χ1v) is 13.2. The van der Waals surface area contributed by atoms with E-state index in [0.29, 0.717) is 21.9 Å². The fourth-order valence-corrected chi connectivity index (χ4v) is 6.03. The lowest BCUT2D eigenvalue weighted by atomic mass is 10.2. The predicted molar refractivity (Wildman–Crippen MR) is 121 cm³/mol. The summed E-state index contributed by atoms with van der Waals surface area (Å²) in [7, 11) is -5.95. The molecule has 12 heteroatoms. The van der Waals surface area contributed by atoms with E-state index in [1.54, 1.807) is 24.3 Å². The van der Waals surface area contributed by atoms with E-state index in [1.165, 1.54) is 42.3 Å². The molecular formula is C19H20N4O5S3. The Balaban J connectivity index is 1.64. The average molecular weight is 481 g/mol. The third-order valence-corrected chi connectivity index (χ3v) is 8.82. The molecule has 9 nitrogen and oxygen atoms in total. The molecule has 1 aromatic carbocycles. The molecular weight excluding hydrogens is 460 g/mol. The van der Waals surface area contributed by atoms with Crippen molar-refractivity contribution in [1.82, 2.24) is 9.97 Å². The summed E-state index contributed by atoms with van der Waals surface area (Å²) in [5.41, 5.74) is 1.13. The Morgan fingerprint density at radius 1 is 1.19 bits per heavy atom. The Bertz CT molecular complexity index is 1350. The van der Waals surface area contributed by atoms with Crippen LogP contribution in [0.15, 0.2) is 58.7 Å². The molecule has 0 aliphatic carbocycles. The van der Waals surface area contributed by atoms with Crippen LogP contribution in [0.4, 0.5) is 5.69 Å². The number of para-hydroxylation sites is 1. The predicted octanol–water partition coefficient (Wildman–Crippen LogP) is 2.57. The minimum absolute atomic E-state index is 0.0471. The third-order valence-electron chi connectivity index (χ3n) is 4.70. The van der Waals surface area contributed by atoms with Gasteiger partial charge in [-0.05, 0) is 31.2 Å².